The Morgan fingerprint density at radius 3 is 2.75 bits per heavy atom. The first-order valence-electron chi connectivity index (χ1n) is 6.05. The lowest BCUT2D eigenvalue weighted by Gasteiger charge is -2.17. The van der Waals surface area contributed by atoms with Gasteiger partial charge in [-0.15, -0.1) is 0 Å². The van der Waals surface area contributed by atoms with Crippen molar-refractivity contribution in [1.82, 2.24) is 4.31 Å². The van der Waals surface area contributed by atoms with Crippen LogP contribution in [0.15, 0.2) is 10.4 Å². The van der Waals surface area contributed by atoms with Gasteiger partial charge in [0.05, 0.1) is 10.4 Å². The third-order valence-corrected chi connectivity index (χ3v) is 4.01. The number of aldehydes is 1. The van der Waals surface area contributed by atoms with Crippen molar-refractivity contribution in [2.24, 2.45) is 0 Å². The van der Waals surface area contributed by atoms with Crippen molar-refractivity contribution in [3.05, 3.63) is 10.4 Å². The van der Waals surface area contributed by atoms with Crippen LogP contribution >= 0.6 is 23.5 Å². The van der Waals surface area contributed by atoms with Crippen LogP contribution < -0.4 is 0 Å². The number of carbonyl (C=O) groups is 1. The molecule has 1 unspecified atom stereocenters. The molecule has 1 aliphatic heterocycles. The predicted octanol–water partition coefficient (Wildman–Crippen LogP) is 3.96. The second-order valence-corrected chi connectivity index (χ2v) is 5.82. The molecule has 0 spiro atoms. The molecule has 92 valence electrons. The number of nitrogens with zero attached hydrogens (tertiary/aromatic N) is 1. The fourth-order valence-electron chi connectivity index (χ4n) is 1.77. The molecule has 0 amide bonds. The lowest BCUT2D eigenvalue weighted by molar-refractivity contribution is -0.109. The number of unbranched alkanes of at least 4 members (excludes halogenated alkanes) is 5. The van der Waals surface area contributed by atoms with E-state index in [0.717, 1.165) is 23.6 Å². The largest absolute Gasteiger partial charge is 0.301 e. The third kappa shape index (κ3) is 4.89. The maximum atomic E-state index is 10.8. The second kappa shape index (κ2) is 8.15. The van der Waals surface area contributed by atoms with Crippen molar-refractivity contribution in [1.29, 1.82) is 0 Å². The zero-order chi connectivity index (χ0) is 11.8. The fraction of sp³-hybridized carbons (Fsp3) is 0.750. The second-order valence-electron chi connectivity index (χ2n) is 4.10. The predicted molar refractivity (Wildman–Crippen MR) is 71.5 cm³/mol. The van der Waals surface area contributed by atoms with Crippen molar-refractivity contribution in [3.8, 4) is 0 Å². The lowest BCUT2D eigenvalue weighted by Crippen LogP contribution is -2.26. The van der Waals surface area contributed by atoms with Gasteiger partial charge in [0.1, 0.15) is 6.29 Å². The van der Waals surface area contributed by atoms with Crippen molar-refractivity contribution in [3.63, 3.8) is 0 Å². The Kier molecular flexibility index (Phi) is 7.17. The van der Waals surface area contributed by atoms with Crippen LogP contribution in [-0.2, 0) is 4.79 Å². The molecule has 0 saturated heterocycles. The maximum absolute atomic E-state index is 10.8. The van der Waals surface area contributed by atoms with E-state index >= 15 is 0 Å². The van der Waals surface area contributed by atoms with E-state index in [0.29, 0.717) is 0 Å². The molecule has 4 heteroatoms. The quantitative estimate of drug-likeness (QED) is 0.375. The molecule has 0 N–H and O–H groups in total. The molecule has 1 rings (SSSR count). The first kappa shape index (κ1) is 14.1. The Balaban J connectivity index is 2.07. The summed E-state index contributed by atoms with van der Waals surface area (Å²) in [6.45, 7) is 3.18. The molecule has 0 aliphatic carbocycles. The van der Waals surface area contributed by atoms with Gasteiger partial charge in [0.15, 0.2) is 0 Å². The average molecular weight is 262 g/mol. The summed E-state index contributed by atoms with van der Waals surface area (Å²) in [5.74, 6) is 0. The molecular weight excluding hydrogens is 242 g/mol. The monoisotopic (exact) mass is 261 g/mol. The number of hydrogen-bond acceptors (Lipinski definition) is 3. The lowest BCUT2D eigenvalue weighted by atomic mass is 10.1. The molecule has 0 aromatic heterocycles. The van der Waals surface area contributed by atoms with Crippen LogP contribution in [0.1, 0.15) is 45.4 Å². The van der Waals surface area contributed by atoms with E-state index in [1.165, 1.54) is 44.1 Å². The zero-order valence-corrected chi connectivity index (χ0v) is 11.4. The van der Waals surface area contributed by atoms with E-state index in [4.69, 9.17) is 11.6 Å². The van der Waals surface area contributed by atoms with Gasteiger partial charge in [-0.2, -0.15) is 0 Å². The smallest absolute Gasteiger partial charge is 0.142 e. The van der Waals surface area contributed by atoms with Crippen LogP contribution in [0, 0.1) is 0 Å². The Hall–Kier alpha value is 0.01000. The highest BCUT2D eigenvalue weighted by atomic mass is 35.5. The molecule has 0 radical (unpaired) electrons. The molecular formula is C12H20ClNOS. The first-order valence-corrected chi connectivity index (χ1v) is 7.20. The summed E-state index contributed by atoms with van der Waals surface area (Å²) in [5.41, 5.74) is 0. The van der Waals surface area contributed by atoms with Crippen LogP contribution in [-0.4, -0.2) is 23.2 Å². The molecule has 1 heterocycles. The standard InChI is InChI=1S/C12H20ClNOS/c1-2-3-4-5-6-7-8-14-11(10-15)9-12(13)16-14/h9-11H,2-8H2,1H3. The highest BCUT2D eigenvalue weighted by Gasteiger charge is 2.23. The van der Waals surface area contributed by atoms with Crippen LogP contribution in [0.5, 0.6) is 0 Å². The van der Waals surface area contributed by atoms with Gasteiger partial charge in [-0.1, -0.05) is 50.6 Å². The summed E-state index contributed by atoms with van der Waals surface area (Å²) in [4.78, 5) is 10.8. The first-order chi connectivity index (χ1) is 7.77. The van der Waals surface area contributed by atoms with Crippen LogP contribution in [0.25, 0.3) is 0 Å². The molecule has 0 aromatic carbocycles. The normalized spacial score (nSPS) is 21.1. The van der Waals surface area contributed by atoms with Gasteiger partial charge in [0, 0.05) is 6.54 Å². The Bertz CT molecular complexity index is 245. The summed E-state index contributed by atoms with van der Waals surface area (Å²) in [7, 11) is 0. The van der Waals surface area contributed by atoms with Crippen LogP contribution in [0.3, 0.4) is 0 Å². The van der Waals surface area contributed by atoms with Crippen LogP contribution in [0.2, 0.25) is 0 Å². The highest BCUT2D eigenvalue weighted by molar-refractivity contribution is 8.02. The van der Waals surface area contributed by atoms with Gasteiger partial charge in [-0.05, 0) is 24.4 Å². The Morgan fingerprint density at radius 1 is 1.38 bits per heavy atom. The van der Waals surface area contributed by atoms with Crippen LogP contribution in [0.4, 0.5) is 0 Å². The fourth-order valence-corrected chi connectivity index (χ4v) is 3.04. The topological polar surface area (TPSA) is 20.3 Å². The molecule has 0 aromatic rings. The number of rotatable bonds is 8. The maximum Gasteiger partial charge on any atom is 0.142 e. The average Bonchev–Trinajstić information content (AvgIpc) is 2.64. The van der Waals surface area contributed by atoms with E-state index in [9.17, 15) is 4.79 Å². The Labute approximate surface area is 108 Å². The molecule has 1 aliphatic rings. The minimum Gasteiger partial charge on any atom is -0.301 e. The van der Waals surface area contributed by atoms with Crippen molar-refractivity contribution in [2.75, 3.05) is 6.54 Å². The van der Waals surface area contributed by atoms with Gasteiger partial charge < -0.3 is 4.79 Å². The van der Waals surface area contributed by atoms with E-state index in [-0.39, 0.29) is 6.04 Å². The van der Waals surface area contributed by atoms with E-state index in [1.807, 2.05) is 6.08 Å². The van der Waals surface area contributed by atoms with Gasteiger partial charge in [0.2, 0.25) is 0 Å². The molecule has 1 atom stereocenters. The van der Waals surface area contributed by atoms with Gasteiger partial charge in [-0.25, -0.2) is 4.31 Å². The van der Waals surface area contributed by atoms with E-state index in [2.05, 4.69) is 11.2 Å². The molecule has 0 saturated carbocycles. The summed E-state index contributed by atoms with van der Waals surface area (Å²) >= 11 is 7.38. The minimum atomic E-state index is -0.117. The molecule has 0 bridgehead atoms. The van der Waals surface area contributed by atoms with Gasteiger partial charge in [0.25, 0.3) is 0 Å². The number of carbonyl (C=O) groups excluding carboxylic acids is 1. The zero-order valence-electron chi connectivity index (χ0n) is 9.82. The molecule has 0 fully saturated rings. The summed E-state index contributed by atoms with van der Waals surface area (Å²) < 4.78 is 2.79. The minimum absolute atomic E-state index is 0.117. The van der Waals surface area contributed by atoms with Crippen molar-refractivity contribution < 1.29 is 4.79 Å². The Morgan fingerprint density at radius 2 is 2.06 bits per heavy atom. The van der Waals surface area contributed by atoms with Crippen molar-refractivity contribution >= 4 is 29.8 Å². The SMILES string of the molecule is CCCCCCCCN1SC(Cl)=CC1C=O. The third-order valence-electron chi connectivity index (χ3n) is 2.71. The summed E-state index contributed by atoms with van der Waals surface area (Å²) in [5, 5.41) is 0. The molecule has 2 nitrogen and oxygen atoms in total. The highest BCUT2D eigenvalue weighted by Crippen LogP contribution is 2.34. The van der Waals surface area contributed by atoms with E-state index in [1.54, 1.807) is 0 Å². The molecule has 16 heavy (non-hydrogen) atoms. The summed E-state index contributed by atoms with van der Waals surface area (Å²) in [6, 6.07) is -0.117. The van der Waals surface area contributed by atoms with Gasteiger partial charge in [-0.3, -0.25) is 0 Å². The van der Waals surface area contributed by atoms with Crippen molar-refractivity contribution in [2.45, 2.75) is 51.5 Å². The summed E-state index contributed by atoms with van der Waals surface area (Å²) in [6.07, 6.45) is 10.4. The van der Waals surface area contributed by atoms with E-state index < -0.39 is 0 Å². The number of hydrogen-bond donors (Lipinski definition) is 0. The number of halogens is 1. The van der Waals surface area contributed by atoms with Gasteiger partial charge >= 0.3 is 0 Å².